The van der Waals surface area contributed by atoms with E-state index in [2.05, 4.69) is 28.2 Å². The van der Waals surface area contributed by atoms with Crippen LogP contribution in [0, 0.1) is 5.92 Å². The maximum absolute atomic E-state index is 13.1. The highest BCUT2D eigenvalue weighted by atomic mass is 79.9. The molecule has 0 aliphatic heterocycles. The Morgan fingerprint density at radius 1 is 1.06 bits per heavy atom. The van der Waals surface area contributed by atoms with Crippen LogP contribution in [-0.4, -0.2) is 35.9 Å². The van der Waals surface area contributed by atoms with Crippen molar-refractivity contribution in [3.05, 3.63) is 62.0 Å². The van der Waals surface area contributed by atoms with E-state index in [1.165, 1.54) is 4.90 Å². The number of hydrogen-bond donors (Lipinski definition) is 1. The van der Waals surface area contributed by atoms with Crippen molar-refractivity contribution in [3.8, 4) is 5.75 Å². The Morgan fingerprint density at radius 3 is 2.34 bits per heavy atom. The summed E-state index contributed by atoms with van der Waals surface area (Å²) in [5.41, 5.74) is 1.93. The number of hydrogen-bond acceptors (Lipinski definition) is 3. The van der Waals surface area contributed by atoms with Crippen molar-refractivity contribution in [2.75, 3.05) is 13.2 Å². The second-order valence-corrected chi connectivity index (χ2v) is 9.66. The molecule has 2 aromatic carbocycles. The van der Waals surface area contributed by atoms with Crippen LogP contribution in [0.25, 0.3) is 0 Å². The topological polar surface area (TPSA) is 58.6 Å². The molecule has 1 atom stereocenters. The molecule has 0 saturated carbocycles. The van der Waals surface area contributed by atoms with E-state index in [1.54, 1.807) is 25.1 Å². The Bertz CT molecular complexity index is 953. The number of aryl methyl sites for hydroxylation is 1. The van der Waals surface area contributed by atoms with Gasteiger partial charge in [0, 0.05) is 13.1 Å². The summed E-state index contributed by atoms with van der Waals surface area (Å²) in [4.78, 5) is 27.3. The molecule has 5 nitrogen and oxygen atoms in total. The van der Waals surface area contributed by atoms with Crippen molar-refractivity contribution < 1.29 is 14.3 Å². The van der Waals surface area contributed by atoms with Crippen LogP contribution in [-0.2, 0) is 22.6 Å². The highest BCUT2D eigenvalue weighted by molar-refractivity contribution is 9.10. The standard InChI is InChI=1S/C24H29BrCl2N2O3/c1-5-17-7-9-22(19(25)10-17)32-14-23(30)29(16(4)24(31)28-12-15(2)3)13-18-6-8-20(26)21(27)11-18/h6-11,15-16H,5,12-14H2,1-4H3,(H,28,31). The van der Waals surface area contributed by atoms with Gasteiger partial charge < -0.3 is 15.0 Å². The first kappa shape index (κ1) is 26.5. The summed E-state index contributed by atoms with van der Waals surface area (Å²) in [5, 5.41) is 3.71. The number of halogens is 3. The maximum atomic E-state index is 13.1. The van der Waals surface area contributed by atoms with E-state index in [0.29, 0.717) is 28.3 Å². The fourth-order valence-corrected chi connectivity index (χ4v) is 3.83. The molecule has 2 aromatic rings. The fraction of sp³-hybridized carbons (Fsp3) is 0.417. The van der Waals surface area contributed by atoms with Gasteiger partial charge in [0.25, 0.3) is 5.91 Å². The predicted octanol–water partition coefficient (Wildman–Crippen LogP) is 5.89. The molecule has 0 radical (unpaired) electrons. The molecule has 0 spiro atoms. The molecule has 2 rings (SSSR count). The summed E-state index contributed by atoms with van der Waals surface area (Å²) in [6, 6.07) is 10.2. The Labute approximate surface area is 208 Å². The maximum Gasteiger partial charge on any atom is 0.261 e. The van der Waals surface area contributed by atoms with Crippen LogP contribution in [0.3, 0.4) is 0 Å². The van der Waals surface area contributed by atoms with Crippen LogP contribution in [0.1, 0.15) is 38.8 Å². The number of benzene rings is 2. The first-order valence-corrected chi connectivity index (χ1v) is 12.1. The number of ether oxygens (including phenoxy) is 1. The van der Waals surface area contributed by atoms with E-state index in [1.807, 2.05) is 32.0 Å². The third-order valence-corrected chi connectivity index (χ3v) is 6.30. The molecule has 0 fully saturated rings. The van der Waals surface area contributed by atoms with Gasteiger partial charge in [-0.05, 0) is 70.6 Å². The van der Waals surface area contributed by atoms with Crippen LogP contribution in [0.2, 0.25) is 10.0 Å². The van der Waals surface area contributed by atoms with Crippen LogP contribution in [0.5, 0.6) is 5.75 Å². The second kappa shape index (κ2) is 12.5. The molecule has 0 bridgehead atoms. The molecule has 1 unspecified atom stereocenters. The van der Waals surface area contributed by atoms with Gasteiger partial charge in [-0.1, -0.05) is 56.1 Å². The largest absolute Gasteiger partial charge is 0.483 e. The number of carbonyl (C=O) groups is 2. The molecule has 0 heterocycles. The van der Waals surface area contributed by atoms with Gasteiger partial charge in [-0.3, -0.25) is 9.59 Å². The zero-order valence-electron chi connectivity index (χ0n) is 18.8. The van der Waals surface area contributed by atoms with Crippen LogP contribution < -0.4 is 10.1 Å². The highest BCUT2D eigenvalue weighted by Gasteiger charge is 2.27. The lowest BCUT2D eigenvalue weighted by Gasteiger charge is -2.29. The third kappa shape index (κ3) is 7.68. The van der Waals surface area contributed by atoms with Gasteiger partial charge >= 0.3 is 0 Å². The average molecular weight is 544 g/mol. The summed E-state index contributed by atoms with van der Waals surface area (Å²) in [5.74, 6) is 0.342. The van der Waals surface area contributed by atoms with Crippen molar-refractivity contribution in [2.24, 2.45) is 5.92 Å². The molecule has 8 heteroatoms. The number of nitrogens with one attached hydrogen (secondary N) is 1. The summed E-state index contributed by atoms with van der Waals surface area (Å²) in [6.45, 7) is 8.33. The van der Waals surface area contributed by atoms with Crippen molar-refractivity contribution in [1.29, 1.82) is 0 Å². The molecular weight excluding hydrogens is 515 g/mol. The molecule has 1 N–H and O–H groups in total. The summed E-state index contributed by atoms with van der Waals surface area (Å²) in [6.07, 6.45) is 0.901. The molecule has 32 heavy (non-hydrogen) atoms. The lowest BCUT2D eigenvalue weighted by molar-refractivity contribution is -0.142. The van der Waals surface area contributed by atoms with Crippen molar-refractivity contribution in [2.45, 2.75) is 46.7 Å². The van der Waals surface area contributed by atoms with Gasteiger partial charge in [0.1, 0.15) is 11.8 Å². The molecule has 0 aliphatic carbocycles. The predicted molar refractivity (Wildman–Crippen MR) is 133 cm³/mol. The Morgan fingerprint density at radius 2 is 1.75 bits per heavy atom. The monoisotopic (exact) mass is 542 g/mol. The minimum atomic E-state index is -0.690. The lowest BCUT2D eigenvalue weighted by atomic mass is 10.1. The van der Waals surface area contributed by atoms with E-state index in [4.69, 9.17) is 27.9 Å². The normalized spacial score (nSPS) is 11.9. The fourth-order valence-electron chi connectivity index (χ4n) is 2.97. The third-order valence-electron chi connectivity index (χ3n) is 4.94. The van der Waals surface area contributed by atoms with Crippen molar-refractivity contribution in [1.82, 2.24) is 10.2 Å². The van der Waals surface area contributed by atoms with Crippen LogP contribution in [0.15, 0.2) is 40.9 Å². The smallest absolute Gasteiger partial charge is 0.261 e. The van der Waals surface area contributed by atoms with Gasteiger partial charge in [-0.2, -0.15) is 0 Å². The molecule has 0 saturated heterocycles. The number of nitrogens with zero attached hydrogens (tertiary/aromatic N) is 1. The van der Waals surface area contributed by atoms with Gasteiger partial charge in [-0.25, -0.2) is 0 Å². The van der Waals surface area contributed by atoms with Gasteiger partial charge in [0.15, 0.2) is 6.61 Å². The van der Waals surface area contributed by atoms with Crippen molar-refractivity contribution >= 4 is 50.9 Å². The number of rotatable bonds is 10. The molecule has 0 aliphatic rings. The van der Waals surface area contributed by atoms with Crippen LogP contribution in [0.4, 0.5) is 0 Å². The van der Waals surface area contributed by atoms with Gasteiger partial charge in [0.05, 0.1) is 14.5 Å². The average Bonchev–Trinajstić information content (AvgIpc) is 2.76. The minimum absolute atomic E-state index is 0.200. The lowest BCUT2D eigenvalue weighted by Crippen LogP contribution is -2.49. The van der Waals surface area contributed by atoms with Gasteiger partial charge in [0.2, 0.25) is 5.91 Å². The Kier molecular flexibility index (Phi) is 10.3. The number of amides is 2. The second-order valence-electron chi connectivity index (χ2n) is 7.99. The molecular formula is C24H29BrCl2N2O3. The molecule has 2 amide bonds. The zero-order valence-corrected chi connectivity index (χ0v) is 21.9. The Hall–Kier alpha value is -1.76. The van der Waals surface area contributed by atoms with E-state index in [9.17, 15) is 9.59 Å². The first-order chi connectivity index (χ1) is 15.1. The summed E-state index contributed by atoms with van der Waals surface area (Å²) < 4.78 is 6.55. The van der Waals surface area contributed by atoms with E-state index >= 15 is 0 Å². The van der Waals surface area contributed by atoms with Crippen molar-refractivity contribution in [3.63, 3.8) is 0 Å². The quantitative estimate of drug-likeness (QED) is 0.406. The van der Waals surface area contributed by atoms with Gasteiger partial charge in [-0.15, -0.1) is 0 Å². The molecule has 174 valence electrons. The molecule has 0 aromatic heterocycles. The van der Waals surface area contributed by atoms with Crippen LogP contribution >= 0.6 is 39.1 Å². The van der Waals surface area contributed by atoms with E-state index in [-0.39, 0.29) is 25.0 Å². The van der Waals surface area contributed by atoms with E-state index < -0.39 is 6.04 Å². The summed E-state index contributed by atoms with van der Waals surface area (Å²) in [7, 11) is 0. The SMILES string of the molecule is CCc1ccc(OCC(=O)N(Cc2ccc(Cl)c(Cl)c2)C(C)C(=O)NCC(C)C)c(Br)c1. The van der Waals surface area contributed by atoms with E-state index in [0.717, 1.165) is 22.0 Å². The highest BCUT2D eigenvalue weighted by Crippen LogP contribution is 2.27. The first-order valence-electron chi connectivity index (χ1n) is 10.5. The number of carbonyl (C=O) groups excluding carboxylic acids is 2. The summed E-state index contributed by atoms with van der Waals surface area (Å²) >= 11 is 15.6. The zero-order chi connectivity index (χ0) is 23.8. The Balaban J connectivity index is 2.18. The minimum Gasteiger partial charge on any atom is -0.483 e.